The SMILES string of the molecule is CCOC1(OCC)CCN(c2nn(C3CC4(C3)CN(C(=O)OC(C)(C)C)C4)c(C)c2-c2cccc3c2cnn3S(=O)(=O)C2(C)CC=CC(Cl)=C2C)C2(CCC2)C1. The van der Waals surface area contributed by atoms with Crippen molar-refractivity contribution in [3.05, 3.63) is 52.8 Å². The molecule has 8 rings (SSSR count). The monoisotopic (exact) mass is 808 g/mol. The molecule has 5 aliphatic rings. The molecule has 0 radical (unpaired) electrons. The molecule has 4 heterocycles. The second-order valence-electron chi connectivity index (χ2n) is 18.1. The van der Waals surface area contributed by atoms with Gasteiger partial charge in [0.15, 0.2) is 11.6 Å². The van der Waals surface area contributed by atoms with E-state index in [9.17, 15) is 13.2 Å². The molecule has 2 saturated heterocycles. The summed E-state index contributed by atoms with van der Waals surface area (Å²) < 4.78 is 49.7. The second kappa shape index (κ2) is 13.6. The number of aromatic nitrogens is 4. The van der Waals surface area contributed by atoms with Gasteiger partial charge in [0.05, 0.1) is 17.8 Å². The molecule has 2 aromatic heterocycles. The van der Waals surface area contributed by atoms with Gasteiger partial charge in [0, 0.05) is 78.3 Å². The Morgan fingerprint density at radius 3 is 2.38 bits per heavy atom. The maximum absolute atomic E-state index is 14.5. The van der Waals surface area contributed by atoms with Gasteiger partial charge in [0.1, 0.15) is 10.3 Å². The van der Waals surface area contributed by atoms with Crippen molar-refractivity contribution in [1.82, 2.24) is 23.9 Å². The van der Waals surface area contributed by atoms with Crippen molar-refractivity contribution in [3.8, 4) is 11.1 Å². The van der Waals surface area contributed by atoms with E-state index in [1.54, 1.807) is 26.1 Å². The van der Waals surface area contributed by atoms with E-state index in [4.69, 9.17) is 30.9 Å². The largest absolute Gasteiger partial charge is 0.444 e. The molecule has 0 bridgehead atoms. The fourth-order valence-corrected chi connectivity index (χ4v) is 12.3. The summed E-state index contributed by atoms with van der Waals surface area (Å²) in [7, 11) is -4.02. The van der Waals surface area contributed by atoms with Crippen LogP contribution in [-0.2, 0) is 24.2 Å². The first-order chi connectivity index (χ1) is 26.4. The van der Waals surface area contributed by atoms with E-state index >= 15 is 0 Å². The maximum Gasteiger partial charge on any atom is 0.410 e. The number of piperidine rings is 1. The summed E-state index contributed by atoms with van der Waals surface area (Å²) in [5.41, 5.74) is 3.39. The predicted octanol–water partition coefficient (Wildman–Crippen LogP) is 8.48. The lowest BCUT2D eigenvalue weighted by molar-refractivity contribution is -0.258. The first kappa shape index (κ1) is 39.4. The first-order valence-corrected chi connectivity index (χ1v) is 22.1. The zero-order chi connectivity index (χ0) is 40.1. The van der Waals surface area contributed by atoms with Crippen molar-refractivity contribution in [1.29, 1.82) is 0 Å². The minimum absolute atomic E-state index is 0.0601. The Morgan fingerprint density at radius 2 is 1.75 bits per heavy atom. The lowest BCUT2D eigenvalue weighted by Crippen LogP contribution is -2.64. The van der Waals surface area contributed by atoms with Crippen LogP contribution in [-0.4, -0.2) is 92.9 Å². The summed E-state index contributed by atoms with van der Waals surface area (Å²) in [4.78, 5) is 17.1. The fourth-order valence-electron chi connectivity index (χ4n) is 10.2. The Morgan fingerprint density at radius 1 is 1.05 bits per heavy atom. The minimum Gasteiger partial charge on any atom is -0.444 e. The van der Waals surface area contributed by atoms with Crippen molar-refractivity contribution in [3.63, 3.8) is 0 Å². The van der Waals surface area contributed by atoms with Gasteiger partial charge in [-0.2, -0.15) is 14.3 Å². The average Bonchev–Trinajstić information content (AvgIpc) is 3.66. The minimum atomic E-state index is -4.02. The molecule has 1 unspecified atom stereocenters. The van der Waals surface area contributed by atoms with Gasteiger partial charge in [-0.1, -0.05) is 29.8 Å². The number of hydrogen-bond acceptors (Lipinski definition) is 9. The Kier molecular flexibility index (Phi) is 9.57. The normalized spacial score (nSPS) is 24.4. The molecule has 4 fully saturated rings. The van der Waals surface area contributed by atoms with Crippen LogP contribution >= 0.6 is 11.6 Å². The molecule has 0 N–H and O–H groups in total. The number of ether oxygens (including phenoxy) is 3. The van der Waals surface area contributed by atoms with Crippen LogP contribution < -0.4 is 4.90 Å². The molecule has 304 valence electrons. The number of halogens is 1. The molecule has 1 aromatic carbocycles. The molecule has 2 saturated carbocycles. The fraction of sp³-hybridized carbons (Fsp3) is 0.643. The number of carbonyl (C=O) groups is 1. The molecular weight excluding hydrogens is 752 g/mol. The van der Waals surface area contributed by atoms with Crippen LogP contribution in [0.5, 0.6) is 0 Å². The Balaban J connectivity index is 1.19. The first-order valence-electron chi connectivity index (χ1n) is 20.3. The number of nitrogens with zero attached hydrogens (tertiary/aromatic N) is 6. The maximum atomic E-state index is 14.5. The molecule has 3 aliphatic carbocycles. The highest BCUT2D eigenvalue weighted by Crippen LogP contribution is 2.57. The van der Waals surface area contributed by atoms with Crippen LogP contribution in [0.25, 0.3) is 22.0 Å². The molecule has 2 spiro atoms. The zero-order valence-electron chi connectivity index (χ0n) is 34.2. The van der Waals surface area contributed by atoms with Crippen molar-refractivity contribution >= 4 is 44.4 Å². The number of hydrogen-bond donors (Lipinski definition) is 0. The molecule has 14 heteroatoms. The third-order valence-corrected chi connectivity index (χ3v) is 16.1. The summed E-state index contributed by atoms with van der Waals surface area (Å²) in [5, 5.41) is 11.3. The van der Waals surface area contributed by atoms with Crippen LogP contribution in [0.4, 0.5) is 10.6 Å². The van der Waals surface area contributed by atoms with Crippen molar-refractivity contribution in [2.75, 3.05) is 37.7 Å². The van der Waals surface area contributed by atoms with Gasteiger partial charge in [-0.05, 0) is 117 Å². The number of anilines is 1. The van der Waals surface area contributed by atoms with Crippen LogP contribution in [0.1, 0.15) is 112 Å². The van der Waals surface area contributed by atoms with Crippen molar-refractivity contribution < 1.29 is 27.4 Å². The van der Waals surface area contributed by atoms with Gasteiger partial charge in [0.25, 0.3) is 10.0 Å². The number of likely N-dealkylation sites (tertiary alicyclic amines) is 1. The van der Waals surface area contributed by atoms with E-state index in [2.05, 4.69) is 27.7 Å². The van der Waals surface area contributed by atoms with Gasteiger partial charge in [-0.25, -0.2) is 13.2 Å². The molecule has 3 aromatic rings. The number of rotatable bonds is 9. The molecule has 1 amide bonds. The van der Waals surface area contributed by atoms with Crippen LogP contribution in [0.15, 0.2) is 47.2 Å². The average molecular weight is 809 g/mol. The van der Waals surface area contributed by atoms with Crippen LogP contribution in [0.2, 0.25) is 0 Å². The quantitative estimate of drug-likeness (QED) is 0.196. The Bertz CT molecular complexity index is 2210. The van der Waals surface area contributed by atoms with Gasteiger partial charge in [-0.3, -0.25) is 4.68 Å². The van der Waals surface area contributed by atoms with E-state index in [1.807, 2.05) is 57.7 Å². The highest BCUT2D eigenvalue weighted by Gasteiger charge is 2.57. The molecular formula is C42H57ClN6O6S. The van der Waals surface area contributed by atoms with Gasteiger partial charge in [0.2, 0.25) is 0 Å². The van der Waals surface area contributed by atoms with E-state index in [-0.39, 0.29) is 23.1 Å². The van der Waals surface area contributed by atoms with Crippen molar-refractivity contribution in [2.45, 2.75) is 134 Å². The van der Waals surface area contributed by atoms with E-state index in [0.717, 1.165) is 66.5 Å². The number of benzene rings is 1. The third kappa shape index (κ3) is 6.12. The van der Waals surface area contributed by atoms with Gasteiger partial charge in [-0.15, -0.1) is 0 Å². The van der Waals surface area contributed by atoms with Gasteiger partial charge >= 0.3 is 6.09 Å². The van der Waals surface area contributed by atoms with Crippen LogP contribution in [0, 0.1) is 12.3 Å². The third-order valence-electron chi connectivity index (χ3n) is 13.3. The lowest BCUT2D eigenvalue weighted by atomic mass is 9.61. The number of allylic oxidation sites excluding steroid dienone is 3. The molecule has 2 aliphatic heterocycles. The molecule has 12 nitrogen and oxygen atoms in total. The van der Waals surface area contributed by atoms with E-state index in [1.165, 1.54) is 4.09 Å². The van der Waals surface area contributed by atoms with E-state index in [0.29, 0.717) is 61.8 Å². The summed E-state index contributed by atoms with van der Waals surface area (Å²) >= 11 is 6.51. The Labute approximate surface area is 336 Å². The standard InChI is InChI=1S/C42H57ClN6O6S/c1-9-53-42(54-10-2)20-21-47(41(25-42)18-13-19-41)36-35(29(4)48(45-36)30-22-40(23-30)26-46(27-40)37(50)55-38(5,6)7)31-14-11-16-34-32(31)24-44-49(34)56(51,52)39(8)17-12-15-33(43)28(39)3/h11-12,14-16,24,30H,9-10,13,17-23,25-27H2,1-8H3. The Hall–Kier alpha value is -3.39. The van der Waals surface area contributed by atoms with Gasteiger partial charge < -0.3 is 24.0 Å². The number of fused-ring (bicyclic) bond motifs is 1. The summed E-state index contributed by atoms with van der Waals surface area (Å²) in [6, 6.07) is 5.99. The highest BCUT2D eigenvalue weighted by atomic mass is 35.5. The van der Waals surface area contributed by atoms with E-state index < -0.39 is 26.2 Å². The number of carbonyl (C=O) groups excluding carboxylic acids is 1. The second-order valence-corrected chi connectivity index (χ2v) is 20.7. The summed E-state index contributed by atoms with van der Waals surface area (Å²) in [5.74, 6) is 0.268. The summed E-state index contributed by atoms with van der Waals surface area (Å²) in [6.07, 6.45) is 11.7. The number of amides is 1. The molecule has 1 atom stereocenters. The zero-order valence-corrected chi connectivity index (χ0v) is 35.7. The molecule has 56 heavy (non-hydrogen) atoms. The predicted molar refractivity (Wildman–Crippen MR) is 218 cm³/mol. The topological polar surface area (TPSA) is 121 Å². The smallest absolute Gasteiger partial charge is 0.410 e. The highest BCUT2D eigenvalue weighted by molar-refractivity contribution is 7.91. The summed E-state index contributed by atoms with van der Waals surface area (Å²) in [6.45, 7) is 18.6. The van der Waals surface area contributed by atoms with Crippen molar-refractivity contribution in [2.24, 2.45) is 5.41 Å². The lowest BCUT2D eigenvalue weighted by Gasteiger charge is -2.59. The van der Waals surface area contributed by atoms with Crippen LogP contribution in [0.3, 0.4) is 0 Å².